The Kier molecular flexibility index (Phi) is 5.47. The van der Waals surface area contributed by atoms with E-state index >= 15 is 0 Å². The first-order valence-corrected chi connectivity index (χ1v) is 8.37. The van der Waals surface area contributed by atoms with Crippen LogP contribution in [0, 0.1) is 0 Å². The normalized spacial score (nSPS) is 10.5. The van der Waals surface area contributed by atoms with Gasteiger partial charge in [-0.05, 0) is 47.0 Å². The molecule has 0 saturated carbocycles. The number of rotatable bonds is 6. The molecule has 0 aliphatic carbocycles. The number of aryl methyl sites for hydroxylation is 1. The van der Waals surface area contributed by atoms with Crippen molar-refractivity contribution in [1.29, 1.82) is 0 Å². The minimum absolute atomic E-state index is 0.311. The maximum Gasteiger partial charge on any atom is 0.143 e. The van der Waals surface area contributed by atoms with Crippen molar-refractivity contribution in [3.63, 3.8) is 0 Å². The second kappa shape index (κ2) is 7.12. The van der Waals surface area contributed by atoms with Crippen LogP contribution in [-0.2, 0) is 11.2 Å². The largest absolute Gasteiger partial charge is 0.299 e. The number of thiophene rings is 1. The smallest absolute Gasteiger partial charge is 0.143 e. The first-order chi connectivity index (χ1) is 8.74. The molecular formula is C14H13BrOS2. The molecule has 4 heteroatoms. The number of thioether (sulfide) groups is 1. The molecular weight excluding hydrogens is 328 g/mol. The number of carbonyl (C=O) groups excluding carboxylic acids is 1. The molecule has 0 aliphatic rings. The molecule has 0 saturated heterocycles. The van der Waals surface area contributed by atoms with Gasteiger partial charge in [0.15, 0.2) is 0 Å². The molecule has 1 aromatic carbocycles. The number of Topliss-reactive ketones (excluding diaryl/α,β-unsaturated/α-hetero) is 1. The molecule has 18 heavy (non-hydrogen) atoms. The van der Waals surface area contributed by atoms with E-state index in [1.807, 2.05) is 24.3 Å². The Bertz CT molecular complexity index is 508. The fourth-order valence-corrected chi connectivity index (χ4v) is 3.62. The van der Waals surface area contributed by atoms with Gasteiger partial charge in [-0.2, -0.15) is 11.3 Å². The van der Waals surface area contributed by atoms with Crippen molar-refractivity contribution >= 4 is 44.8 Å². The predicted molar refractivity (Wildman–Crippen MR) is 82.5 cm³/mol. The van der Waals surface area contributed by atoms with Crippen LogP contribution in [0.5, 0.6) is 0 Å². The zero-order valence-electron chi connectivity index (χ0n) is 9.77. The number of hydrogen-bond acceptors (Lipinski definition) is 3. The van der Waals surface area contributed by atoms with Gasteiger partial charge in [-0.1, -0.05) is 22.0 Å². The van der Waals surface area contributed by atoms with E-state index in [0.717, 1.165) is 15.8 Å². The molecule has 0 spiro atoms. The van der Waals surface area contributed by atoms with Crippen molar-refractivity contribution in [2.24, 2.45) is 0 Å². The number of ketones is 1. The molecule has 0 fully saturated rings. The van der Waals surface area contributed by atoms with Crippen LogP contribution >= 0.6 is 39.0 Å². The Morgan fingerprint density at radius 2 is 2.22 bits per heavy atom. The number of halogens is 1. The lowest BCUT2D eigenvalue weighted by atomic mass is 10.1. The molecule has 1 nitrogen and oxygen atoms in total. The van der Waals surface area contributed by atoms with E-state index in [-0.39, 0.29) is 0 Å². The highest BCUT2D eigenvalue weighted by Gasteiger charge is 2.04. The minimum Gasteiger partial charge on any atom is -0.299 e. The molecule has 1 aromatic heterocycles. The average molecular weight is 341 g/mol. The van der Waals surface area contributed by atoms with E-state index in [0.29, 0.717) is 18.0 Å². The summed E-state index contributed by atoms with van der Waals surface area (Å²) in [5.41, 5.74) is 1.26. The maximum absolute atomic E-state index is 11.8. The molecule has 0 unspecified atom stereocenters. The third-order valence-electron chi connectivity index (χ3n) is 2.47. The molecule has 2 rings (SSSR count). The SMILES string of the molecule is O=C(CCc1ccsc1)CSc1cccc(Br)c1. The molecule has 0 amide bonds. The van der Waals surface area contributed by atoms with Crippen molar-refractivity contribution in [2.45, 2.75) is 17.7 Å². The van der Waals surface area contributed by atoms with Crippen molar-refractivity contribution in [1.82, 2.24) is 0 Å². The van der Waals surface area contributed by atoms with Gasteiger partial charge in [0.2, 0.25) is 0 Å². The zero-order valence-corrected chi connectivity index (χ0v) is 13.0. The first kappa shape index (κ1) is 13.8. The summed E-state index contributed by atoms with van der Waals surface area (Å²) in [4.78, 5) is 12.9. The highest BCUT2D eigenvalue weighted by Crippen LogP contribution is 2.22. The molecule has 2 aromatic rings. The number of carbonyl (C=O) groups is 1. The van der Waals surface area contributed by atoms with Gasteiger partial charge in [-0.3, -0.25) is 4.79 Å². The van der Waals surface area contributed by atoms with Gasteiger partial charge in [0.1, 0.15) is 5.78 Å². The summed E-state index contributed by atoms with van der Waals surface area (Å²) in [7, 11) is 0. The summed E-state index contributed by atoms with van der Waals surface area (Å²) in [5, 5.41) is 4.16. The van der Waals surface area contributed by atoms with Crippen LogP contribution in [0.1, 0.15) is 12.0 Å². The van der Waals surface area contributed by atoms with Crippen LogP contribution in [0.3, 0.4) is 0 Å². The second-order valence-electron chi connectivity index (χ2n) is 3.92. The van der Waals surface area contributed by atoms with Gasteiger partial charge in [0, 0.05) is 15.8 Å². The van der Waals surface area contributed by atoms with Gasteiger partial charge < -0.3 is 0 Å². The Hall–Kier alpha value is -0.580. The fraction of sp³-hybridized carbons (Fsp3) is 0.214. The number of hydrogen-bond donors (Lipinski definition) is 0. The van der Waals surface area contributed by atoms with Crippen molar-refractivity contribution < 1.29 is 4.79 Å². The van der Waals surface area contributed by atoms with E-state index in [2.05, 4.69) is 32.8 Å². The summed E-state index contributed by atoms with van der Waals surface area (Å²) in [6, 6.07) is 10.1. The molecule has 0 N–H and O–H groups in total. The highest BCUT2D eigenvalue weighted by molar-refractivity contribution is 9.10. The van der Waals surface area contributed by atoms with Crippen molar-refractivity contribution in [2.75, 3.05) is 5.75 Å². The topological polar surface area (TPSA) is 17.1 Å². The van der Waals surface area contributed by atoms with E-state index in [4.69, 9.17) is 0 Å². The van der Waals surface area contributed by atoms with E-state index in [1.165, 1.54) is 5.56 Å². The Morgan fingerprint density at radius 3 is 2.94 bits per heavy atom. The van der Waals surface area contributed by atoms with Crippen LogP contribution in [0.4, 0.5) is 0 Å². The van der Waals surface area contributed by atoms with E-state index in [9.17, 15) is 4.79 Å². The summed E-state index contributed by atoms with van der Waals surface area (Å²) >= 11 is 6.71. The molecule has 0 atom stereocenters. The van der Waals surface area contributed by atoms with Crippen molar-refractivity contribution in [3.8, 4) is 0 Å². The maximum atomic E-state index is 11.8. The van der Waals surface area contributed by atoms with E-state index in [1.54, 1.807) is 23.1 Å². The van der Waals surface area contributed by atoms with Gasteiger partial charge >= 0.3 is 0 Å². The van der Waals surface area contributed by atoms with E-state index < -0.39 is 0 Å². The molecule has 0 aliphatic heterocycles. The average Bonchev–Trinajstić information content (AvgIpc) is 2.87. The molecule has 0 radical (unpaired) electrons. The summed E-state index contributed by atoms with van der Waals surface area (Å²) in [5.74, 6) is 0.867. The Labute approximate surface area is 124 Å². The fourth-order valence-electron chi connectivity index (χ4n) is 1.51. The van der Waals surface area contributed by atoms with Gasteiger partial charge in [-0.25, -0.2) is 0 Å². The van der Waals surface area contributed by atoms with Crippen LogP contribution < -0.4 is 0 Å². The van der Waals surface area contributed by atoms with Crippen LogP contribution in [0.15, 0.2) is 50.5 Å². The van der Waals surface area contributed by atoms with Gasteiger partial charge in [-0.15, -0.1) is 11.8 Å². The highest BCUT2D eigenvalue weighted by atomic mass is 79.9. The molecule has 0 bridgehead atoms. The number of benzene rings is 1. The van der Waals surface area contributed by atoms with Crippen molar-refractivity contribution in [3.05, 3.63) is 51.1 Å². The minimum atomic E-state index is 0.311. The monoisotopic (exact) mass is 340 g/mol. The Balaban J connectivity index is 1.75. The van der Waals surface area contributed by atoms with Gasteiger partial charge in [0.05, 0.1) is 5.75 Å². The zero-order chi connectivity index (χ0) is 12.8. The summed E-state index contributed by atoms with van der Waals surface area (Å²) in [6.07, 6.45) is 1.50. The van der Waals surface area contributed by atoms with Crippen LogP contribution in [-0.4, -0.2) is 11.5 Å². The third kappa shape index (κ3) is 4.59. The van der Waals surface area contributed by atoms with Crippen LogP contribution in [0.2, 0.25) is 0 Å². The summed E-state index contributed by atoms with van der Waals surface area (Å²) < 4.78 is 1.05. The quantitative estimate of drug-likeness (QED) is 0.702. The Morgan fingerprint density at radius 1 is 1.33 bits per heavy atom. The first-order valence-electron chi connectivity index (χ1n) is 5.65. The lowest BCUT2D eigenvalue weighted by Gasteiger charge is -2.01. The van der Waals surface area contributed by atoms with Gasteiger partial charge in [0.25, 0.3) is 0 Å². The lowest BCUT2D eigenvalue weighted by molar-refractivity contribution is -0.116. The third-order valence-corrected chi connectivity index (χ3v) is 4.75. The molecule has 94 valence electrons. The second-order valence-corrected chi connectivity index (χ2v) is 6.66. The van der Waals surface area contributed by atoms with Crippen LogP contribution in [0.25, 0.3) is 0 Å². The standard InChI is InChI=1S/C14H13BrOS2/c15-12-2-1-3-14(8-12)18-10-13(16)5-4-11-6-7-17-9-11/h1-3,6-9H,4-5,10H2. The summed E-state index contributed by atoms with van der Waals surface area (Å²) in [6.45, 7) is 0. The molecule has 1 heterocycles. The lowest BCUT2D eigenvalue weighted by Crippen LogP contribution is -2.02. The predicted octanol–water partition coefficient (Wildman–Crippen LogP) is 4.80.